The van der Waals surface area contributed by atoms with E-state index in [0.29, 0.717) is 6.29 Å². The van der Waals surface area contributed by atoms with Gasteiger partial charge >= 0.3 is 0 Å². The number of halogens is 1. The number of hydrogen-bond acceptors (Lipinski definition) is 3. The number of nitro groups is 1. The van der Waals surface area contributed by atoms with Crippen LogP contribution in [0.1, 0.15) is 12.0 Å². The Kier molecular flexibility index (Phi) is 3.83. The van der Waals surface area contributed by atoms with Crippen LogP contribution in [0.3, 0.4) is 0 Å². The van der Waals surface area contributed by atoms with Crippen molar-refractivity contribution in [2.45, 2.75) is 6.42 Å². The highest BCUT2D eigenvalue weighted by Gasteiger charge is 2.13. The highest BCUT2D eigenvalue weighted by molar-refractivity contribution is 6.32. The zero-order chi connectivity index (χ0) is 11.3. The normalized spacial score (nSPS) is 8.87. The molecule has 0 aliphatic heterocycles. The second kappa shape index (κ2) is 5.13. The zero-order valence-electron chi connectivity index (χ0n) is 7.57. The van der Waals surface area contributed by atoms with Crippen molar-refractivity contribution in [3.8, 4) is 11.8 Å². The second-order valence-corrected chi connectivity index (χ2v) is 2.97. The summed E-state index contributed by atoms with van der Waals surface area (Å²) in [6, 6.07) is 4.31. The molecule has 15 heavy (non-hydrogen) atoms. The van der Waals surface area contributed by atoms with Crippen LogP contribution in [0.15, 0.2) is 18.2 Å². The average Bonchev–Trinajstić information content (AvgIpc) is 2.20. The van der Waals surface area contributed by atoms with Crippen molar-refractivity contribution >= 4 is 23.6 Å². The van der Waals surface area contributed by atoms with Crippen molar-refractivity contribution < 1.29 is 9.72 Å². The Bertz CT molecular complexity index is 459. The minimum absolute atomic E-state index is 0.0301. The summed E-state index contributed by atoms with van der Waals surface area (Å²) in [7, 11) is 0. The van der Waals surface area contributed by atoms with Crippen LogP contribution in [0.25, 0.3) is 0 Å². The van der Waals surface area contributed by atoms with Crippen LogP contribution in [0.2, 0.25) is 5.02 Å². The highest BCUT2D eigenvalue weighted by atomic mass is 35.5. The molecule has 5 heteroatoms. The van der Waals surface area contributed by atoms with Gasteiger partial charge in [0.1, 0.15) is 11.8 Å². The SMILES string of the molecule is O=CCC#Cc1c(Cl)cccc1[N+](=O)[O-]. The van der Waals surface area contributed by atoms with Crippen LogP contribution in [0, 0.1) is 22.0 Å². The number of rotatable bonds is 2. The van der Waals surface area contributed by atoms with Crippen molar-refractivity contribution in [3.63, 3.8) is 0 Å². The summed E-state index contributed by atoms with van der Waals surface area (Å²) in [5.74, 6) is 4.99. The van der Waals surface area contributed by atoms with E-state index in [0.717, 1.165) is 0 Å². The Hall–Kier alpha value is -1.86. The second-order valence-electron chi connectivity index (χ2n) is 2.56. The summed E-state index contributed by atoms with van der Waals surface area (Å²) in [4.78, 5) is 20.1. The summed E-state index contributed by atoms with van der Waals surface area (Å²) in [5.41, 5.74) is -0.00749. The molecule has 0 bridgehead atoms. The maximum Gasteiger partial charge on any atom is 0.286 e. The Balaban J connectivity index is 3.20. The maximum absolute atomic E-state index is 10.6. The molecular formula is C10H6ClNO3. The fraction of sp³-hybridized carbons (Fsp3) is 0.100. The van der Waals surface area contributed by atoms with Crippen molar-refractivity contribution in [3.05, 3.63) is 38.9 Å². The Labute approximate surface area is 91.0 Å². The third-order valence-corrected chi connectivity index (χ3v) is 1.90. The first-order valence-corrected chi connectivity index (χ1v) is 4.40. The molecule has 0 fully saturated rings. The lowest BCUT2D eigenvalue weighted by atomic mass is 10.2. The van der Waals surface area contributed by atoms with E-state index in [1.165, 1.54) is 18.2 Å². The van der Waals surface area contributed by atoms with E-state index in [4.69, 9.17) is 11.6 Å². The molecule has 0 saturated heterocycles. The molecule has 0 amide bonds. The summed E-state index contributed by atoms with van der Waals surface area (Å²) < 4.78 is 0. The number of nitrogens with zero attached hydrogens (tertiary/aromatic N) is 1. The fourth-order valence-electron chi connectivity index (χ4n) is 0.970. The molecule has 0 aromatic heterocycles. The molecule has 0 N–H and O–H groups in total. The molecule has 4 nitrogen and oxygen atoms in total. The van der Waals surface area contributed by atoms with E-state index >= 15 is 0 Å². The molecule has 0 saturated carbocycles. The highest BCUT2D eigenvalue weighted by Crippen LogP contribution is 2.24. The predicted molar refractivity (Wildman–Crippen MR) is 55.7 cm³/mol. The molecule has 1 aromatic rings. The van der Waals surface area contributed by atoms with Crippen LogP contribution in [0.5, 0.6) is 0 Å². The number of aldehydes is 1. The monoisotopic (exact) mass is 223 g/mol. The zero-order valence-corrected chi connectivity index (χ0v) is 8.32. The van der Waals surface area contributed by atoms with Crippen LogP contribution in [-0.4, -0.2) is 11.2 Å². The van der Waals surface area contributed by atoms with Gasteiger partial charge < -0.3 is 4.79 Å². The third kappa shape index (κ3) is 2.79. The summed E-state index contributed by atoms with van der Waals surface area (Å²) in [6.07, 6.45) is 0.651. The van der Waals surface area contributed by atoms with Crippen molar-refractivity contribution in [1.82, 2.24) is 0 Å². The molecule has 0 heterocycles. The van der Waals surface area contributed by atoms with Gasteiger partial charge in [-0.1, -0.05) is 29.5 Å². The van der Waals surface area contributed by atoms with Crippen LogP contribution >= 0.6 is 11.6 Å². The quantitative estimate of drug-likeness (QED) is 0.334. The van der Waals surface area contributed by atoms with Gasteiger partial charge in [-0.3, -0.25) is 10.1 Å². The average molecular weight is 224 g/mol. The van der Waals surface area contributed by atoms with Gasteiger partial charge in [0.05, 0.1) is 16.4 Å². The van der Waals surface area contributed by atoms with Crippen molar-refractivity contribution in [2.24, 2.45) is 0 Å². The van der Waals surface area contributed by atoms with Gasteiger partial charge in [-0.15, -0.1) is 0 Å². The molecule has 76 valence electrons. The van der Waals surface area contributed by atoms with Gasteiger partial charge in [0.15, 0.2) is 0 Å². The van der Waals surface area contributed by atoms with E-state index in [1.54, 1.807) is 0 Å². The van der Waals surface area contributed by atoms with Gasteiger partial charge in [-0.25, -0.2) is 0 Å². The summed E-state index contributed by atoms with van der Waals surface area (Å²) in [6.45, 7) is 0. The Morgan fingerprint density at radius 3 is 2.87 bits per heavy atom. The van der Waals surface area contributed by atoms with Crippen molar-refractivity contribution in [1.29, 1.82) is 0 Å². The number of carbonyl (C=O) groups is 1. The van der Waals surface area contributed by atoms with Gasteiger partial charge in [0, 0.05) is 6.07 Å². The molecule has 0 atom stereocenters. The minimum atomic E-state index is -0.559. The molecule has 0 spiro atoms. The first-order chi connectivity index (χ1) is 7.16. The molecule has 1 aromatic carbocycles. The third-order valence-electron chi connectivity index (χ3n) is 1.59. The standard InChI is InChI=1S/C10H6ClNO3/c11-9-5-3-6-10(12(14)15)8(9)4-1-2-7-13/h3,5-7H,2H2. The molecule has 1 rings (SSSR count). The summed E-state index contributed by atoms with van der Waals surface area (Å²) >= 11 is 5.76. The number of benzene rings is 1. The van der Waals surface area contributed by atoms with Crippen LogP contribution < -0.4 is 0 Å². The summed E-state index contributed by atoms with van der Waals surface area (Å²) in [5, 5.41) is 10.8. The number of hydrogen-bond donors (Lipinski definition) is 0. The Morgan fingerprint density at radius 2 is 2.27 bits per heavy atom. The topological polar surface area (TPSA) is 60.2 Å². The lowest BCUT2D eigenvalue weighted by Gasteiger charge is -1.96. The van der Waals surface area contributed by atoms with Gasteiger partial charge in [0.25, 0.3) is 5.69 Å². The van der Waals surface area contributed by atoms with E-state index < -0.39 is 4.92 Å². The molecular weight excluding hydrogens is 218 g/mol. The first-order valence-electron chi connectivity index (χ1n) is 4.02. The van der Waals surface area contributed by atoms with Gasteiger partial charge in [0.2, 0.25) is 0 Å². The van der Waals surface area contributed by atoms with Gasteiger partial charge in [-0.05, 0) is 6.07 Å². The lowest BCUT2D eigenvalue weighted by Crippen LogP contribution is -1.92. The lowest BCUT2D eigenvalue weighted by molar-refractivity contribution is -0.385. The number of nitro benzene ring substituents is 1. The van der Waals surface area contributed by atoms with Crippen LogP contribution in [-0.2, 0) is 4.79 Å². The molecule has 0 radical (unpaired) electrons. The smallest absolute Gasteiger partial charge is 0.286 e. The Morgan fingerprint density at radius 1 is 1.53 bits per heavy atom. The van der Waals surface area contributed by atoms with E-state index in [2.05, 4.69) is 11.8 Å². The predicted octanol–water partition coefficient (Wildman–Crippen LogP) is 2.19. The first kappa shape index (κ1) is 11.2. The van der Waals surface area contributed by atoms with E-state index in [9.17, 15) is 14.9 Å². The van der Waals surface area contributed by atoms with Crippen molar-refractivity contribution in [2.75, 3.05) is 0 Å². The van der Waals surface area contributed by atoms with Gasteiger partial charge in [-0.2, -0.15) is 0 Å². The van der Waals surface area contributed by atoms with Crippen LogP contribution in [0.4, 0.5) is 5.69 Å². The van der Waals surface area contributed by atoms with E-state index in [-0.39, 0.29) is 22.7 Å². The minimum Gasteiger partial charge on any atom is -0.302 e. The molecule has 0 aliphatic carbocycles. The molecule has 0 aliphatic rings. The largest absolute Gasteiger partial charge is 0.302 e. The van der Waals surface area contributed by atoms with E-state index in [1.807, 2.05) is 0 Å². The molecule has 0 unspecified atom stereocenters. The maximum atomic E-state index is 10.6. The number of carbonyl (C=O) groups excluding carboxylic acids is 1. The fourth-order valence-corrected chi connectivity index (χ4v) is 1.19.